The first-order valence-electron chi connectivity index (χ1n) is 8.68. The van der Waals surface area contributed by atoms with E-state index < -0.39 is 5.97 Å². The van der Waals surface area contributed by atoms with Gasteiger partial charge in [0.2, 0.25) is 0 Å². The zero-order valence-electron chi connectivity index (χ0n) is 16.5. The van der Waals surface area contributed by atoms with Crippen LogP contribution in [-0.4, -0.2) is 39.4 Å². The van der Waals surface area contributed by atoms with Crippen LogP contribution in [0.4, 0.5) is 0 Å². The van der Waals surface area contributed by atoms with Gasteiger partial charge in [0, 0.05) is 17.2 Å². The minimum Gasteiger partial charge on any atom is -0.545 e. The van der Waals surface area contributed by atoms with Gasteiger partial charge in [-0.05, 0) is 47.4 Å². The highest BCUT2D eigenvalue weighted by atomic mass is 16.5. The molecule has 0 bridgehead atoms. The molecule has 0 aliphatic carbocycles. The summed E-state index contributed by atoms with van der Waals surface area (Å²) < 4.78 is 21.4. The number of hydrogen-bond donors (Lipinski definition) is 0. The van der Waals surface area contributed by atoms with Crippen molar-refractivity contribution >= 4 is 22.3 Å². The average Bonchev–Trinajstić information content (AvgIpc) is 2.75. The maximum atomic E-state index is 11.5. The Kier molecular flexibility index (Phi) is 5.87. The summed E-state index contributed by atoms with van der Waals surface area (Å²) in [5, 5.41) is 13.0. The Morgan fingerprint density at radius 2 is 1.48 bits per heavy atom. The molecule has 0 N–H and O–H groups in total. The van der Waals surface area contributed by atoms with Gasteiger partial charge in [-0.25, -0.2) is 0 Å². The number of carboxylic acid groups (broad SMARTS) is 1. The van der Waals surface area contributed by atoms with Gasteiger partial charge >= 0.3 is 0 Å². The fourth-order valence-electron chi connectivity index (χ4n) is 3.12. The van der Waals surface area contributed by atoms with Gasteiger partial charge in [-0.3, -0.25) is 4.98 Å². The number of pyridine rings is 1. The quantitative estimate of drug-likeness (QED) is 0.569. The van der Waals surface area contributed by atoms with Gasteiger partial charge < -0.3 is 28.8 Å². The van der Waals surface area contributed by atoms with Gasteiger partial charge in [-0.1, -0.05) is 6.07 Å². The summed E-state index contributed by atoms with van der Waals surface area (Å²) in [6.07, 6.45) is 2.62. The molecule has 3 aromatic rings. The third kappa shape index (κ3) is 3.94. The number of ether oxygens (including phenoxy) is 4. The van der Waals surface area contributed by atoms with Crippen molar-refractivity contribution in [2.24, 2.45) is 0 Å². The molecule has 0 fully saturated rings. The van der Waals surface area contributed by atoms with Crippen molar-refractivity contribution in [3.8, 4) is 23.0 Å². The Hall–Kier alpha value is -3.74. The van der Waals surface area contributed by atoms with E-state index >= 15 is 0 Å². The number of carbonyl (C=O) groups is 1. The summed E-state index contributed by atoms with van der Waals surface area (Å²) in [5.74, 6) is 0.729. The fraction of sp³-hybridized carbons (Fsp3) is 0.182. The molecule has 0 aliphatic rings. The molecule has 1 heterocycles. The molecule has 0 saturated carbocycles. The van der Waals surface area contributed by atoms with E-state index in [0.717, 1.165) is 11.5 Å². The van der Waals surface area contributed by atoms with Crippen LogP contribution in [0.25, 0.3) is 16.3 Å². The van der Waals surface area contributed by atoms with Crippen molar-refractivity contribution in [2.75, 3.05) is 28.4 Å². The van der Waals surface area contributed by atoms with Crippen molar-refractivity contribution in [1.82, 2.24) is 4.98 Å². The number of hydrogen-bond acceptors (Lipinski definition) is 7. The smallest absolute Gasteiger partial charge is 0.161 e. The minimum absolute atomic E-state index is 0.365. The summed E-state index contributed by atoms with van der Waals surface area (Å²) >= 11 is 0. The van der Waals surface area contributed by atoms with E-state index in [4.69, 9.17) is 18.9 Å². The van der Waals surface area contributed by atoms with Gasteiger partial charge in [0.25, 0.3) is 0 Å². The second kappa shape index (κ2) is 8.52. The van der Waals surface area contributed by atoms with E-state index in [2.05, 4.69) is 4.98 Å². The molecule has 29 heavy (non-hydrogen) atoms. The van der Waals surface area contributed by atoms with E-state index in [1.54, 1.807) is 37.6 Å². The van der Waals surface area contributed by atoms with Crippen LogP contribution in [-0.2, 0) is 4.79 Å². The largest absolute Gasteiger partial charge is 0.545 e. The highest BCUT2D eigenvalue weighted by molar-refractivity contribution is 6.02. The summed E-state index contributed by atoms with van der Waals surface area (Å²) in [6, 6.07) is 10.5. The molecule has 0 amide bonds. The van der Waals surface area contributed by atoms with Crippen molar-refractivity contribution < 1.29 is 28.8 Å². The number of rotatable bonds is 7. The van der Waals surface area contributed by atoms with Crippen LogP contribution in [0, 0.1) is 0 Å². The maximum absolute atomic E-state index is 11.5. The second-order valence-electron chi connectivity index (χ2n) is 6.03. The Morgan fingerprint density at radius 3 is 2.10 bits per heavy atom. The van der Waals surface area contributed by atoms with E-state index in [1.807, 2.05) is 12.1 Å². The maximum Gasteiger partial charge on any atom is 0.161 e. The Balaban J connectivity index is 2.28. The molecule has 7 nitrogen and oxygen atoms in total. The summed E-state index contributed by atoms with van der Waals surface area (Å²) in [6.45, 7) is 0. The lowest BCUT2D eigenvalue weighted by Gasteiger charge is -2.15. The number of fused-ring (bicyclic) bond motifs is 1. The third-order valence-corrected chi connectivity index (χ3v) is 4.48. The van der Waals surface area contributed by atoms with Crippen molar-refractivity contribution in [2.45, 2.75) is 0 Å². The predicted octanol–water partition coefficient (Wildman–Crippen LogP) is 2.45. The van der Waals surface area contributed by atoms with Crippen LogP contribution in [0.3, 0.4) is 0 Å². The van der Waals surface area contributed by atoms with Gasteiger partial charge in [-0.15, -0.1) is 0 Å². The van der Waals surface area contributed by atoms with Crippen molar-refractivity contribution in [3.05, 3.63) is 59.9 Å². The molecular formula is C22H20NO6-. The van der Waals surface area contributed by atoms with Crippen LogP contribution >= 0.6 is 0 Å². The highest BCUT2D eigenvalue weighted by Gasteiger charge is 2.16. The first-order chi connectivity index (χ1) is 14.0. The normalized spacial score (nSPS) is 11.2. The van der Waals surface area contributed by atoms with Crippen molar-refractivity contribution in [3.63, 3.8) is 0 Å². The third-order valence-electron chi connectivity index (χ3n) is 4.48. The van der Waals surface area contributed by atoms with Crippen LogP contribution in [0.2, 0.25) is 0 Å². The number of benzene rings is 2. The number of aliphatic carboxylic acids is 1. The molecule has 0 saturated heterocycles. The molecule has 0 atom stereocenters. The van der Waals surface area contributed by atoms with Gasteiger partial charge in [0.1, 0.15) is 0 Å². The number of carbonyl (C=O) groups excluding carboxylic acids is 1. The number of aromatic nitrogens is 1. The van der Waals surface area contributed by atoms with Gasteiger partial charge in [-0.2, -0.15) is 0 Å². The molecule has 3 rings (SSSR count). The number of methoxy groups -OCH3 is 4. The monoisotopic (exact) mass is 394 g/mol. The Bertz CT molecular complexity index is 1090. The summed E-state index contributed by atoms with van der Waals surface area (Å²) in [7, 11) is 6.13. The van der Waals surface area contributed by atoms with Crippen LogP contribution in [0.5, 0.6) is 23.0 Å². The zero-order valence-corrected chi connectivity index (χ0v) is 16.5. The second-order valence-corrected chi connectivity index (χ2v) is 6.03. The molecular weight excluding hydrogens is 374 g/mol. The first-order valence-corrected chi connectivity index (χ1v) is 8.68. The van der Waals surface area contributed by atoms with Gasteiger partial charge in [0.05, 0.1) is 40.1 Å². The van der Waals surface area contributed by atoms with E-state index in [1.165, 1.54) is 21.3 Å². The molecule has 150 valence electrons. The minimum atomic E-state index is -1.34. The molecule has 0 radical (unpaired) electrons. The average molecular weight is 394 g/mol. The van der Waals surface area contributed by atoms with Crippen LogP contribution in [0.15, 0.2) is 48.7 Å². The topological polar surface area (TPSA) is 89.9 Å². The van der Waals surface area contributed by atoms with E-state index in [9.17, 15) is 9.90 Å². The fourth-order valence-corrected chi connectivity index (χ4v) is 3.12. The number of nitrogens with zero attached hydrogens (tertiary/aromatic N) is 1. The standard InChI is InChI=1S/C22H21NO6/c1-26-17-6-5-13(9-18(17)27-2)16(12-21(24)25)22-15-11-20(29-4)19(28-3)10-14(15)7-8-23-22/h5-12H,1-4H3,(H,24,25)/p-1/b16-12-. The van der Waals surface area contributed by atoms with E-state index in [0.29, 0.717) is 45.2 Å². The molecule has 0 aliphatic heterocycles. The van der Waals surface area contributed by atoms with Crippen molar-refractivity contribution in [1.29, 1.82) is 0 Å². The molecule has 1 aromatic heterocycles. The predicted molar refractivity (Wildman–Crippen MR) is 106 cm³/mol. The van der Waals surface area contributed by atoms with Crippen LogP contribution in [0.1, 0.15) is 11.3 Å². The lowest BCUT2D eigenvalue weighted by molar-refractivity contribution is -0.297. The summed E-state index contributed by atoms with van der Waals surface area (Å²) in [5.41, 5.74) is 1.41. The molecule has 0 unspecified atom stereocenters. The van der Waals surface area contributed by atoms with Gasteiger partial charge in [0.15, 0.2) is 23.0 Å². The molecule has 0 spiro atoms. The SMILES string of the molecule is COc1ccc(/C(=C/C(=O)[O-])c2nccc3cc(OC)c(OC)cc23)cc1OC. The first kappa shape index (κ1) is 20.0. The molecule has 7 heteroatoms. The molecule has 2 aromatic carbocycles. The number of carboxylic acids is 1. The lowest BCUT2D eigenvalue weighted by atomic mass is 9.96. The lowest BCUT2D eigenvalue weighted by Crippen LogP contribution is -2.19. The summed E-state index contributed by atoms with van der Waals surface area (Å²) in [4.78, 5) is 15.9. The van der Waals surface area contributed by atoms with Crippen LogP contribution < -0.4 is 24.1 Å². The Labute approximate surface area is 168 Å². The zero-order chi connectivity index (χ0) is 21.0. The Morgan fingerprint density at radius 1 is 0.862 bits per heavy atom. The highest BCUT2D eigenvalue weighted by Crippen LogP contribution is 2.38. The van der Waals surface area contributed by atoms with E-state index in [-0.39, 0.29) is 0 Å².